The van der Waals surface area contributed by atoms with Gasteiger partial charge in [-0.15, -0.1) is 0 Å². The third kappa shape index (κ3) is 5.69. The number of benzene rings is 1. The number of hydrogen-bond acceptors (Lipinski definition) is 6. The summed E-state index contributed by atoms with van der Waals surface area (Å²) in [5, 5.41) is 4.65. The van der Waals surface area contributed by atoms with Gasteiger partial charge in [-0.2, -0.15) is 0 Å². The summed E-state index contributed by atoms with van der Waals surface area (Å²) in [4.78, 5) is 35.5. The Bertz CT molecular complexity index is 868. The number of rotatable bonds is 6. The van der Waals surface area contributed by atoms with Gasteiger partial charge in [0.1, 0.15) is 0 Å². The third-order valence-corrected chi connectivity index (χ3v) is 5.55. The van der Waals surface area contributed by atoms with Gasteiger partial charge in [0, 0.05) is 12.6 Å². The highest BCUT2D eigenvalue weighted by atomic mass is 32.2. The minimum atomic E-state index is -3.39. The molecule has 0 aromatic heterocycles. The number of sulfonamides is 1. The van der Waals surface area contributed by atoms with Crippen molar-refractivity contribution < 1.29 is 27.5 Å². The van der Waals surface area contributed by atoms with E-state index in [1.54, 1.807) is 19.1 Å². The van der Waals surface area contributed by atoms with E-state index in [9.17, 15) is 22.8 Å². The fourth-order valence-corrected chi connectivity index (χ4v) is 3.77. The minimum absolute atomic E-state index is 0.0858. The van der Waals surface area contributed by atoms with E-state index in [1.165, 1.54) is 10.4 Å². The smallest absolute Gasteiger partial charge is 0.338 e. The summed E-state index contributed by atoms with van der Waals surface area (Å²) in [6.45, 7) is 3.49. The van der Waals surface area contributed by atoms with Crippen LogP contribution >= 0.6 is 0 Å². The molecule has 0 saturated carbocycles. The van der Waals surface area contributed by atoms with Crippen LogP contribution in [0.5, 0.6) is 0 Å². The second-order valence-corrected chi connectivity index (χ2v) is 8.60. The maximum atomic E-state index is 12.2. The van der Waals surface area contributed by atoms with Gasteiger partial charge in [-0.3, -0.25) is 14.4 Å². The molecule has 2 N–H and O–H groups in total. The zero-order valence-electron chi connectivity index (χ0n) is 16.1. The maximum Gasteiger partial charge on any atom is 0.338 e. The molecule has 0 spiro atoms. The van der Waals surface area contributed by atoms with Gasteiger partial charge in [0.05, 0.1) is 17.5 Å². The van der Waals surface area contributed by atoms with Crippen LogP contribution in [0, 0.1) is 0 Å². The van der Waals surface area contributed by atoms with Gasteiger partial charge in [-0.05, 0) is 49.9 Å². The van der Waals surface area contributed by atoms with Crippen LogP contribution in [0.25, 0.3) is 0 Å². The van der Waals surface area contributed by atoms with Gasteiger partial charge in [-0.25, -0.2) is 18.0 Å². The second kappa shape index (κ2) is 9.05. The Morgan fingerprint density at radius 3 is 2.64 bits per heavy atom. The molecule has 1 atom stereocenters. The van der Waals surface area contributed by atoms with Crippen molar-refractivity contribution in [1.29, 1.82) is 0 Å². The Morgan fingerprint density at radius 1 is 1.29 bits per heavy atom. The van der Waals surface area contributed by atoms with Gasteiger partial charge >= 0.3 is 12.0 Å². The van der Waals surface area contributed by atoms with E-state index in [0.29, 0.717) is 31.5 Å². The molecule has 10 heteroatoms. The zero-order chi connectivity index (χ0) is 20.9. The average molecular weight is 411 g/mol. The molecule has 0 saturated heterocycles. The summed E-state index contributed by atoms with van der Waals surface area (Å²) in [6, 6.07) is 3.86. The molecule has 0 unspecified atom stereocenters. The first kappa shape index (κ1) is 21.7. The normalized spacial score (nSPS) is 14.6. The monoisotopic (exact) mass is 411 g/mol. The largest absolute Gasteiger partial charge is 0.452 e. The van der Waals surface area contributed by atoms with Crippen molar-refractivity contribution in [3.05, 3.63) is 29.3 Å². The number of carbonyl (C=O) groups excluding carboxylic acids is 3. The Balaban J connectivity index is 1.96. The molecular formula is C18H25N3O6S. The van der Waals surface area contributed by atoms with Crippen molar-refractivity contribution in [3.63, 3.8) is 0 Å². The van der Waals surface area contributed by atoms with Crippen molar-refractivity contribution in [1.82, 2.24) is 10.6 Å². The van der Waals surface area contributed by atoms with Crippen LogP contribution in [-0.4, -0.2) is 51.8 Å². The fourth-order valence-electron chi connectivity index (χ4n) is 2.77. The Morgan fingerprint density at radius 2 is 2.00 bits per heavy atom. The predicted molar refractivity (Wildman–Crippen MR) is 104 cm³/mol. The molecule has 0 fully saturated rings. The Kier molecular flexibility index (Phi) is 7.00. The van der Waals surface area contributed by atoms with Gasteiger partial charge in [0.25, 0.3) is 5.91 Å². The predicted octanol–water partition coefficient (Wildman–Crippen LogP) is 1.18. The number of aryl methyl sites for hydroxylation is 1. The second-order valence-electron chi connectivity index (χ2n) is 6.69. The first-order valence-corrected chi connectivity index (χ1v) is 10.8. The highest BCUT2D eigenvalue weighted by Crippen LogP contribution is 2.30. The molecule has 1 aromatic rings. The number of fused-ring (bicyclic) bond motifs is 1. The topological polar surface area (TPSA) is 122 Å². The number of esters is 1. The molecule has 1 heterocycles. The highest BCUT2D eigenvalue weighted by molar-refractivity contribution is 7.92. The summed E-state index contributed by atoms with van der Waals surface area (Å²) in [7, 11) is -3.39. The number of nitrogens with zero attached hydrogens (tertiary/aromatic N) is 1. The molecule has 2 rings (SSSR count). The fraction of sp³-hybridized carbons (Fsp3) is 0.500. The summed E-state index contributed by atoms with van der Waals surface area (Å²) < 4.78 is 30.0. The van der Waals surface area contributed by atoms with Crippen molar-refractivity contribution in [2.75, 3.05) is 23.7 Å². The van der Waals surface area contributed by atoms with Crippen molar-refractivity contribution in [3.8, 4) is 0 Å². The van der Waals surface area contributed by atoms with E-state index in [2.05, 4.69) is 10.6 Å². The first-order valence-electron chi connectivity index (χ1n) is 9.00. The van der Waals surface area contributed by atoms with E-state index in [4.69, 9.17) is 4.74 Å². The lowest BCUT2D eigenvalue weighted by molar-refractivity contribution is -0.123. The van der Waals surface area contributed by atoms with E-state index in [-0.39, 0.29) is 11.6 Å². The van der Waals surface area contributed by atoms with Gasteiger partial charge in [0.2, 0.25) is 10.0 Å². The summed E-state index contributed by atoms with van der Waals surface area (Å²) >= 11 is 0. The molecule has 0 aliphatic carbocycles. The van der Waals surface area contributed by atoms with Crippen LogP contribution in [-0.2, 0) is 26.0 Å². The number of carbonyl (C=O) groups is 3. The maximum absolute atomic E-state index is 12.2. The molecule has 154 valence electrons. The summed E-state index contributed by atoms with van der Waals surface area (Å²) in [5.41, 5.74) is 1.49. The van der Waals surface area contributed by atoms with Crippen LogP contribution in [0.2, 0.25) is 0 Å². The van der Waals surface area contributed by atoms with Crippen molar-refractivity contribution in [2.24, 2.45) is 0 Å². The number of nitrogens with one attached hydrogen (secondary N) is 2. The number of anilines is 1. The van der Waals surface area contributed by atoms with E-state index in [0.717, 1.165) is 11.8 Å². The van der Waals surface area contributed by atoms with Crippen molar-refractivity contribution >= 4 is 33.6 Å². The summed E-state index contributed by atoms with van der Waals surface area (Å²) in [6.07, 6.45) is 3.14. The van der Waals surface area contributed by atoms with Crippen LogP contribution in [0.4, 0.5) is 10.5 Å². The molecule has 9 nitrogen and oxygen atoms in total. The Hall–Kier alpha value is -2.62. The number of hydrogen-bond donors (Lipinski definition) is 2. The quantitative estimate of drug-likeness (QED) is 0.678. The lowest BCUT2D eigenvalue weighted by atomic mass is 10.0. The first-order chi connectivity index (χ1) is 13.1. The summed E-state index contributed by atoms with van der Waals surface area (Å²) in [5.74, 6) is -1.47. The zero-order valence-corrected chi connectivity index (χ0v) is 17.0. The molecule has 28 heavy (non-hydrogen) atoms. The third-order valence-electron chi connectivity index (χ3n) is 4.37. The molecule has 1 aliphatic heterocycles. The molecular weight excluding hydrogens is 386 g/mol. The number of amides is 3. The highest BCUT2D eigenvalue weighted by Gasteiger charge is 2.25. The number of ether oxygens (including phenoxy) is 1. The lowest BCUT2D eigenvalue weighted by Crippen LogP contribution is -2.44. The standard InChI is InChI=1S/C18H25N3O6S/c1-4-12(2)19-18(24)20-16(22)11-27-17(23)14-7-8-15-13(10-14)6-5-9-21(15)28(3,25)26/h7-8,10,12H,4-6,9,11H2,1-3H3,(H2,19,20,22,24)/t12-/m1/s1. The van der Waals surface area contributed by atoms with Gasteiger partial charge < -0.3 is 10.1 Å². The van der Waals surface area contributed by atoms with E-state index in [1.807, 2.05) is 6.92 Å². The van der Waals surface area contributed by atoms with Crippen LogP contribution in [0.1, 0.15) is 42.6 Å². The van der Waals surface area contributed by atoms with Crippen LogP contribution < -0.4 is 14.9 Å². The minimum Gasteiger partial charge on any atom is -0.452 e. The number of imide groups is 1. The van der Waals surface area contributed by atoms with Gasteiger partial charge in [0.15, 0.2) is 6.61 Å². The van der Waals surface area contributed by atoms with E-state index >= 15 is 0 Å². The lowest BCUT2D eigenvalue weighted by Gasteiger charge is -2.29. The van der Waals surface area contributed by atoms with Crippen molar-refractivity contribution in [2.45, 2.75) is 39.2 Å². The molecule has 0 bridgehead atoms. The van der Waals surface area contributed by atoms with Crippen LogP contribution in [0.15, 0.2) is 18.2 Å². The molecule has 3 amide bonds. The number of urea groups is 1. The molecule has 0 radical (unpaired) electrons. The van der Waals surface area contributed by atoms with E-state index < -0.39 is 34.5 Å². The molecule has 1 aromatic carbocycles. The average Bonchev–Trinajstić information content (AvgIpc) is 2.64. The van der Waals surface area contributed by atoms with Crippen LogP contribution in [0.3, 0.4) is 0 Å². The Labute approximate surface area is 164 Å². The SMILES string of the molecule is CC[C@@H](C)NC(=O)NC(=O)COC(=O)c1ccc2c(c1)CCCN2S(C)(=O)=O. The van der Waals surface area contributed by atoms with Gasteiger partial charge in [-0.1, -0.05) is 6.92 Å². The molecule has 1 aliphatic rings.